The molecule has 0 aliphatic carbocycles. The number of carbonyl (C=O) groups excluding carboxylic acids is 1. The van der Waals surface area contributed by atoms with Gasteiger partial charge in [0.05, 0.1) is 0 Å². The topological polar surface area (TPSA) is 46.9 Å². The minimum Gasteiger partial charge on any atom is -0.329 e. The van der Waals surface area contributed by atoms with E-state index in [0.29, 0.717) is 0 Å². The van der Waals surface area contributed by atoms with Crippen molar-refractivity contribution in [3.05, 3.63) is 78.6 Å². The molecule has 3 rings (SSSR count). The zero-order valence-corrected chi connectivity index (χ0v) is 13.5. The van der Waals surface area contributed by atoms with E-state index in [2.05, 4.69) is 10.3 Å². The van der Waals surface area contributed by atoms with Crippen LogP contribution in [0.15, 0.2) is 78.2 Å². The van der Waals surface area contributed by atoms with Gasteiger partial charge in [-0.15, -0.1) is 0 Å². The molecule has 0 aliphatic rings. The molecule has 0 saturated heterocycles. The zero-order chi connectivity index (χ0) is 16.1. The number of carbonyl (C=O) groups is 1. The molecule has 0 fully saturated rings. The Bertz CT molecular complexity index is 771. The number of para-hydroxylation sites is 1. The van der Waals surface area contributed by atoms with Gasteiger partial charge in [0, 0.05) is 25.1 Å². The molecule has 23 heavy (non-hydrogen) atoms. The number of imidazole rings is 1. The Kier molecular flexibility index (Phi) is 4.78. The third-order valence-corrected chi connectivity index (χ3v) is 4.71. The fourth-order valence-corrected chi connectivity index (χ4v) is 3.22. The number of amides is 1. The number of thioether (sulfide) groups is 1. The summed E-state index contributed by atoms with van der Waals surface area (Å²) < 4.78 is 1.91. The molecule has 4 nitrogen and oxygen atoms in total. The fourth-order valence-electron chi connectivity index (χ4n) is 2.20. The summed E-state index contributed by atoms with van der Waals surface area (Å²) >= 11 is 1.44. The summed E-state index contributed by atoms with van der Waals surface area (Å²) in [5.74, 6) is -0.0598. The lowest BCUT2D eigenvalue weighted by Gasteiger charge is -2.16. The van der Waals surface area contributed by atoms with Crippen molar-refractivity contribution in [2.24, 2.45) is 7.05 Å². The van der Waals surface area contributed by atoms with Gasteiger partial charge >= 0.3 is 0 Å². The first-order valence-electron chi connectivity index (χ1n) is 7.29. The molecule has 5 heteroatoms. The van der Waals surface area contributed by atoms with Crippen LogP contribution in [0.4, 0.5) is 5.69 Å². The first kappa shape index (κ1) is 15.4. The van der Waals surface area contributed by atoms with E-state index in [0.717, 1.165) is 16.4 Å². The average Bonchev–Trinajstić information content (AvgIpc) is 2.99. The van der Waals surface area contributed by atoms with E-state index in [-0.39, 0.29) is 11.2 Å². The van der Waals surface area contributed by atoms with Crippen LogP contribution in [0.3, 0.4) is 0 Å². The van der Waals surface area contributed by atoms with Gasteiger partial charge in [-0.25, -0.2) is 4.98 Å². The third-order valence-electron chi connectivity index (χ3n) is 3.38. The molecule has 1 unspecified atom stereocenters. The summed E-state index contributed by atoms with van der Waals surface area (Å²) in [4.78, 5) is 17.1. The molecule has 0 spiro atoms. The number of anilines is 1. The normalized spacial score (nSPS) is 11.9. The maximum absolute atomic E-state index is 12.8. The summed E-state index contributed by atoms with van der Waals surface area (Å²) in [5, 5.41) is 3.42. The van der Waals surface area contributed by atoms with Gasteiger partial charge in [0.15, 0.2) is 5.16 Å². The number of benzene rings is 2. The van der Waals surface area contributed by atoms with Crippen LogP contribution < -0.4 is 5.32 Å². The average molecular weight is 323 g/mol. The number of aromatic nitrogens is 2. The van der Waals surface area contributed by atoms with Crippen LogP contribution in [0.2, 0.25) is 0 Å². The lowest BCUT2D eigenvalue weighted by molar-refractivity contribution is -0.115. The molecule has 1 atom stereocenters. The molecular weight excluding hydrogens is 306 g/mol. The van der Waals surface area contributed by atoms with Gasteiger partial charge in [0.25, 0.3) is 0 Å². The minimum absolute atomic E-state index is 0.0598. The second-order valence-electron chi connectivity index (χ2n) is 5.08. The summed E-state index contributed by atoms with van der Waals surface area (Å²) in [7, 11) is 1.92. The Morgan fingerprint density at radius 2 is 1.74 bits per heavy atom. The number of hydrogen-bond acceptors (Lipinski definition) is 3. The highest BCUT2D eigenvalue weighted by atomic mass is 32.2. The quantitative estimate of drug-likeness (QED) is 0.725. The molecule has 3 aromatic rings. The summed E-state index contributed by atoms with van der Waals surface area (Å²) in [6.07, 6.45) is 3.61. The monoisotopic (exact) mass is 323 g/mol. The molecule has 0 radical (unpaired) electrons. The second kappa shape index (κ2) is 7.15. The van der Waals surface area contributed by atoms with E-state index in [1.165, 1.54) is 11.8 Å². The minimum atomic E-state index is -0.363. The highest BCUT2D eigenvalue weighted by Gasteiger charge is 2.23. The van der Waals surface area contributed by atoms with E-state index in [1.54, 1.807) is 6.20 Å². The Morgan fingerprint density at radius 1 is 1.09 bits per heavy atom. The van der Waals surface area contributed by atoms with Crippen molar-refractivity contribution < 1.29 is 4.79 Å². The van der Waals surface area contributed by atoms with Gasteiger partial charge in [-0.1, -0.05) is 60.3 Å². The van der Waals surface area contributed by atoms with E-state index in [1.807, 2.05) is 78.5 Å². The van der Waals surface area contributed by atoms with Crippen LogP contribution in [0.1, 0.15) is 10.8 Å². The molecule has 0 bridgehead atoms. The van der Waals surface area contributed by atoms with Crippen molar-refractivity contribution in [1.82, 2.24) is 9.55 Å². The Labute approximate surface area is 139 Å². The molecule has 1 heterocycles. The predicted molar refractivity (Wildman–Crippen MR) is 93.3 cm³/mol. The lowest BCUT2D eigenvalue weighted by atomic mass is 10.1. The van der Waals surface area contributed by atoms with E-state index >= 15 is 0 Å². The van der Waals surface area contributed by atoms with E-state index in [4.69, 9.17) is 0 Å². The SMILES string of the molecule is Cn1ccnc1SC(C(=O)Nc1ccccc1)c1ccccc1. The van der Waals surface area contributed by atoms with Gasteiger partial charge in [-0.3, -0.25) is 4.79 Å². The Hall–Kier alpha value is -2.53. The standard InChI is InChI=1S/C18H17N3OS/c1-21-13-12-19-18(21)23-16(14-8-4-2-5-9-14)17(22)20-15-10-6-3-7-11-15/h2-13,16H,1H3,(H,20,22). The molecule has 1 amide bonds. The van der Waals surface area contributed by atoms with E-state index in [9.17, 15) is 4.79 Å². The van der Waals surface area contributed by atoms with Crippen LogP contribution >= 0.6 is 11.8 Å². The Balaban J connectivity index is 1.86. The summed E-state index contributed by atoms with van der Waals surface area (Å²) in [6.45, 7) is 0. The maximum Gasteiger partial charge on any atom is 0.242 e. The fraction of sp³-hybridized carbons (Fsp3) is 0.111. The van der Waals surface area contributed by atoms with Crippen molar-refractivity contribution in [3.8, 4) is 0 Å². The zero-order valence-electron chi connectivity index (χ0n) is 12.7. The van der Waals surface area contributed by atoms with Crippen LogP contribution in [0.25, 0.3) is 0 Å². The molecule has 1 aromatic heterocycles. The summed E-state index contributed by atoms with van der Waals surface area (Å²) in [6, 6.07) is 19.2. The summed E-state index contributed by atoms with van der Waals surface area (Å²) in [5.41, 5.74) is 1.74. The molecule has 0 aliphatic heterocycles. The molecule has 2 aromatic carbocycles. The van der Waals surface area contributed by atoms with Crippen LogP contribution in [0.5, 0.6) is 0 Å². The van der Waals surface area contributed by atoms with E-state index < -0.39 is 0 Å². The first-order chi connectivity index (χ1) is 11.2. The Morgan fingerprint density at radius 3 is 2.35 bits per heavy atom. The first-order valence-corrected chi connectivity index (χ1v) is 8.17. The van der Waals surface area contributed by atoms with Crippen LogP contribution in [0, 0.1) is 0 Å². The predicted octanol–water partition coefficient (Wildman–Crippen LogP) is 3.89. The van der Waals surface area contributed by atoms with Crippen LogP contribution in [-0.2, 0) is 11.8 Å². The highest BCUT2D eigenvalue weighted by molar-refractivity contribution is 8.00. The number of hydrogen-bond donors (Lipinski definition) is 1. The van der Waals surface area contributed by atoms with Gasteiger partial charge in [0.1, 0.15) is 5.25 Å². The lowest BCUT2D eigenvalue weighted by Crippen LogP contribution is -2.19. The second-order valence-corrected chi connectivity index (χ2v) is 6.16. The van der Waals surface area contributed by atoms with Gasteiger partial charge < -0.3 is 9.88 Å². The number of nitrogens with one attached hydrogen (secondary N) is 1. The van der Waals surface area contributed by atoms with Crippen molar-refractivity contribution in [2.75, 3.05) is 5.32 Å². The molecular formula is C18H17N3OS. The number of rotatable bonds is 5. The van der Waals surface area contributed by atoms with Crippen LogP contribution in [-0.4, -0.2) is 15.5 Å². The number of nitrogens with zero attached hydrogens (tertiary/aromatic N) is 2. The molecule has 0 saturated carbocycles. The van der Waals surface area contributed by atoms with Crippen molar-refractivity contribution in [3.63, 3.8) is 0 Å². The van der Waals surface area contributed by atoms with Gasteiger partial charge in [-0.05, 0) is 17.7 Å². The van der Waals surface area contributed by atoms with Crippen molar-refractivity contribution in [2.45, 2.75) is 10.4 Å². The van der Waals surface area contributed by atoms with Crippen molar-refractivity contribution >= 4 is 23.4 Å². The van der Waals surface area contributed by atoms with Gasteiger partial charge in [-0.2, -0.15) is 0 Å². The maximum atomic E-state index is 12.8. The smallest absolute Gasteiger partial charge is 0.242 e. The third kappa shape index (κ3) is 3.81. The number of aryl methyl sites for hydroxylation is 1. The highest BCUT2D eigenvalue weighted by Crippen LogP contribution is 2.35. The molecule has 1 N–H and O–H groups in total. The van der Waals surface area contributed by atoms with Gasteiger partial charge in [0.2, 0.25) is 5.91 Å². The van der Waals surface area contributed by atoms with Crippen molar-refractivity contribution in [1.29, 1.82) is 0 Å². The largest absolute Gasteiger partial charge is 0.329 e. The molecule has 116 valence electrons.